The lowest BCUT2D eigenvalue weighted by Gasteiger charge is -2.21. The lowest BCUT2D eigenvalue weighted by molar-refractivity contribution is 0.1000. The molecule has 0 aromatic carbocycles. The summed E-state index contributed by atoms with van der Waals surface area (Å²) in [4.78, 5) is 8.31. The number of hydrogen-bond acceptors (Lipinski definition) is 5. The summed E-state index contributed by atoms with van der Waals surface area (Å²) >= 11 is 1.65. The molecule has 5 nitrogen and oxygen atoms in total. The first kappa shape index (κ1) is 11.3. The van der Waals surface area contributed by atoms with Gasteiger partial charge in [-0.15, -0.1) is 11.8 Å². The molecule has 0 spiro atoms. The quantitative estimate of drug-likeness (QED) is 0.607. The summed E-state index contributed by atoms with van der Waals surface area (Å²) in [5.74, 6) is -0.0253. The maximum atomic E-state index is 7.43. The van der Waals surface area contributed by atoms with E-state index in [-0.39, 0.29) is 5.84 Å². The van der Waals surface area contributed by atoms with E-state index >= 15 is 0 Å². The first-order valence-corrected chi connectivity index (χ1v) is 6.05. The fourth-order valence-electron chi connectivity index (χ4n) is 1.55. The zero-order chi connectivity index (χ0) is 11.4. The topological polar surface area (TPSA) is 84.9 Å². The van der Waals surface area contributed by atoms with Crippen molar-refractivity contribution in [3.63, 3.8) is 0 Å². The number of hydrogen-bond donors (Lipinski definition) is 2. The van der Waals surface area contributed by atoms with E-state index in [0.717, 1.165) is 31.1 Å². The molecule has 16 heavy (non-hydrogen) atoms. The smallest absolute Gasteiger partial charge is 0.144 e. The molecule has 1 saturated heterocycles. The van der Waals surface area contributed by atoms with Crippen LogP contribution in [0.5, 0.6) is 0 Å². The minimum atomic E-state index is -0.0253. The number of nitrogens with one attached hydrogen (secondary N) is 1. The molecule has 86 valence electrons. The van der Waals surface area contributed by atoms with Crippen LogP contribution in [0.2, 0.25) is 0 Å². The summed E-state index contributed by atoms with van der Waals surface area (Å²) in [5.41, 5.74) is 5.95. The van der Waals surface area contributed by atoms with Crippen molar-refractivity contribution in [2.24, 2.45) is 5.73 Å². The van der Waals surface area contributed by atoms with Crippen molar-refractivity contribution in [3.05, 3.63) is 18.1 Å². The molecule has 2 rings (SSSR count). The zero-order valence-electron chi connectivity index (χ0n) is 8.85. The van der Waals surface area contributed by atoms with E-state index in [0.29, 0.717) is 10.9 Å². The van der Waals surface area contributed by atoms with Crippen LogP contribution in [0.1, 0.15) is 18.5 Å². The van der Waals surface area contributed by atoms with Gasteiger partial charge in [-0.25, -0.2) is 9.97 Å². The highest BCUT2D eigenvalue weighted by molar-refractivity contribution is 7.99. The Morgan fingerprint density at radius 2 is 2.06 bits per heavy atom. The molecular formula is C10H14N4OS. The first-order valence-electron chi connectivity index (χ1n) is 5.17. The molecule has 0 saturated carbocycles. The number of nitrogens with two attached hydrogens (primary N) is 1. The summed E-state index contributed by atoms with van der Waals surface area (Å²) in [6, 6.07) is 0. The van der Waals surface area contributed by atoms with E-state index in [4.69, 9.17) is 15.9 Å². The summed E-state index contributed by atoms with van der Waals surface area (Å²) in [5, 5.41) is 8.67. The highest BCUT2D eigenvalue weighted by atomic mass is 32.2. The van der Waals surface area contributed by atoms with Gasteiger partial charge in [-0.1, -0.05) is 0 Å². The molecule has 0 radical (unpaired) electrons. The normalized spacial score (nSPS) is 17.2. The molecule has 1 aliphatic heterocycles. The number of thioether (sulfide) groups is 1. The minimum Gasteiger partial charge on any atom is -0.382 e. The second-order valence-electron chi connectivity index (χ2n) is 3.55. The van der Waals surface area contributed by atoms with Crippen molar-refractivity contribution in [3.8, 4) is 0 Å². The Bertz CT molecular complexity index is 379. The number of nitrogen functional groups attached to an aromatic ring is 1. The van der Waals surface area contributed by atoms with Gasteiger partial charge in [0.05, 0.1) is 0 Å². The van der Waals surface area contributed by atoms with Gasteiger partial charge >= 0.3 is 0 Å². The lowest BCUT2D eigenvalue weighted by Crippen LogP contribution is -2.20. The Hall–Kier alpha value is -1.14. The van der Waals surface area contributed by atoms with Crippen molar-refractivity contribution in [2.75, 3.05) is 13.2 Å². The molecule has 1 aliphatic rings. The van der Waals surface area contributed by atoms with Gasteiger partial charge in [-0.2, -0.15) is 0 Å². The fourth-order valence-corrected chi connectivity index (χ4v) is 2.69. The number of rotatable bonds is 3. The largest absolute Gasteiger partial charge is 0.382 e. The van der Waals surface area contributed by atoms with E-state index in [1.807, 2.05) is 0 Å². The zero-order valence-corrected chi connectivity index (χ0v) is 9.67. The van der Waals surface area contributed by atoms with E-state index in [9.17, 15) is 0 Å². The van der Waals surface area contributed by atoms with Crippen LogP contribution >= 0.6 is 11.8 Å². The number of nitrogens with zero attached hydrogens (tertiary/aromatic N) is 2. The monoisotopic (exact) mass is 238 g/mol. The number of aromatic nitrogens is 2. The maximum Gasteiger partial charge on any atom is 0.144 e. The highest BCUT2D eigenvalue weighted by Crippen LogP contribution is 2.29. The summed E-state index contributed by atoms with van der Waals surface area (Å²) < 4.78 is 5.30. The van der Waals surface area contributed by atoms with E-state index in [1.54, 1.807) is 24.2 Å². The Labute approximate surface area is 98.3 Å². The molecule has 1 aromatic rings. The molecule has 1 aromatic heterocycles. The fraction of sp³-hybridized carbons (Fsp3) is 0.500. The Morgan fingerprint density at radius 3 is 2.75 bits per heavy atom. The Balaban J connectivity index is 2.10. The van der Waals surface area contributed by atoms with Crippen LogP contribution in [-0.4, -0.2) is 34.3 Å². The predicted octanol–water partition coefficient (Wildman–Crippen LogP) is 1.03. The van der Waals surface area contributed by atoms with Crippen LogP contribution in [0.25, 0.3) is 0 Å². The minimum absolute atomic E-state index is 0.0253. The van der Waals surface area contributed by atoms with E-state index in [1.165, 1.54) is 0 Å². The second kappa shape index (κ2) is 5.27. The Morgan fingerprint density at radius 1 is 1.38 bits per heavy atom. The SMILES string of the molecule is N=C(N)c1nccnc1SC1CCOCC1. The molecular weight excluding hydrogens is 224 g/mol. The van der Waals surface area contributed by atoms with Crippen LogP contribution in [0.15, 0.2) is 17.4 Å². The Kier molecular flexibility index (Phi) is 3.74. The molecule has 6 heteroatoms. The van der Waals surface area contributed by atoms with E-state index < -0.39 is 0 Å². The van der Waals surface area contributed by atoms with Crippen LogP contribution in [-0.2, 0) is 4.74 Å². The first-order chi connectivity index (χ1) is 7.77. The van der Waals surface area contributed by atoms with Gasteiger partial charge in [-0.3, -0.25) is 5.41 Å². The third-order valence-electron chi connectivity index (χ3n) is 2.37. The molecule has 0 aliphatic carbocycles. The molecule has 2 heterocycles. The van der Waals surface area contributed by atoms with Crippen molar-refractivity contribution in [2.45, 2.75) is 23.1 Å². The molecule has 0 atom stereocenters. The van der Waals surface area contributed by atoms with Crippen LogP contribution in [0.4, 0.5) is 0 Å². The van der Waals surface area contributed by atoms with E-state index in [2.05, 4.69) is 9.97 Å². The lowest BCUT2D eigenvalue weighted by atomic mass is 10.2. The summed E-state index contributed by atoms with van der Waals surface area (Å²) in [6.45, 7) is 1.60. The predicted molar refractivity (Wildman–Crippen MR) is 62.7 cm³/mol. The molecule has 1 fully saturated rings. The van der Waals surface area contributed by atoms with Crippen LogP contribution in [0.3, 0.4) is 0 Å². The molecule has 3 N–H and O–H groups in total. The van der Waals surface area contributed by atoms with Gasteiger partial charge in [0.25, 0.3) is 0 Å². The van der Waals surface area contributed by atoms with Gasteiger partial charge in [0.1, 0.15) is 16.6 Å². The van der Waals surface area contributed by atoms with Crippen molar-refractivity contribution < 1.29 is 4.74 Å². The average molecular weight is 238 g/mol. The summed E-state index contributed by atoms with van der Waals surface area (Å²) in [6.07, 6.45) is 5.22. The molecule has 0 amide bonds. The third kappa shape index (κ3) is 2.70. The van der Waals surface area contributed by atoms with Gasteiger partial charge in [0.15, 0.2) is 0 Å². The van der Waals surface area contributed by atoms with Crippen molar-refractivity contribution in [1.82, 2.24) is 9.97 Å². The number of ether oxygens (including phenoxy) is 1. The standard InChI is InChI=1S/C10H14N4OS/c11-9(12)8-10(14-4-3-13-8)16-7-1-5-15-6-2-7/h3-4,7H,1-2,5-6H2,(H3,11,12). The second-order valence-corrected chi connectivity index (χ2v) is 4.84. The van der Waals surface area contributed by atoms with Crippen LogP contribution in [0, 0.1) is 5.41 Å². The third-order valence-corrected chi connectivity index (χ3v) is 3.69. The van der Waals surface area contributed by atoms with Crippen molar-refractivity contribution >= 4 is 17.6 Å². The van der Waals surface area contributed by atoms with Crippen LogP contribution < -0.4 is 5.73 Å². The molecule has 0 unspecified atom stereocenters. The maximum absolute atomic E-state index is 7.43. The average Bonchev–Trinajstić information content (AvgIpc) is 2.31. The van der Waals surface area contributed by atoms with Gasteiger partial charge < -0.3 is 10.5 Å². The van der Waals surface area contributed by atoms with Gasteiger partial charge in [0, 0.05) is 30.9 Å². The van der Waals surface area contributed by atoms with Gasteiger partial charge in [0.2, 0.25) is 0 Å². The number of amidine groups is 1. The highest BCUT2D eigenvalue weighted by Gasteiger charge is 2.18. The molecule has 0 bridgehead atoms. The van der Waals surface area contributed by atoms with Crippen molar-refractivity contribution in [1.29, 1.82) is 5.41 Å². The van der Waals surface area contributed by atoms with Gasteiger partial charge in [-0.05, 0) is 12.8 Å². The summed E-state index contributed by atoms with van der Waals surface area (Å²) in [7, 11) is 0.